The second kappa shape index (κ2) is 7.36. The zero-order chi connectivity index (χ0) is 19.0. The largest absolute Gasteiger partial charge is 0.497 e. The molecular formula is C19H25N4O3S+. The van der Waals surface area contributed by atoms with Gasteiger partial charge in [-0.25, -0.2) is 4.98 Å². The van der Waals surface area contributed by atoms with Gasteiger partial charge >= 0.3 is 0 Å². The number of hydrogen-bond acceptors (Lipinski definition) is 6. The van der Waals surface area contributed by atoms with E-state index >= 15 is 0 Å². The van der Waals surface area contributed by atoms with Crippen molar-refractivity contribution < 1.29 is 19.5 Å². The molecular weight excluding hydrogens is 364 g/mol. The maximum absolute atomic E-state index is 10.9. The smallest absolute Gasteiger partial charge is 0.235 e. The van der Waals surface area contributed by atoms with Crippen LogP contribution >= 0.6 is 11.3 Å². The average Bonchev–Trinajstić information content (AvgIpc) is 3.20. The van der Waals surface area contributed by atoms with Crippen molar-refractivity contribution in [3.63, 3.8) is 0 Å². The average molecular weight is 390 g/mol. The summed E-state index contributed by atoms with van der Waals surface area (Å²) < 4.78 is 12.7. The number of methoxy groups -OCH3 is 2. The molecule has 1 aliphatic rings. The predicted molar refractivity (Wildman–Crippen MR) is 103 cm³/mol. The van der Waals surface area contributed by atoms with Crippen LogP contribution < -0.4 is 14.4 Å². The molecule has 8 heteroatoms. The van der Waals surface area contributed by atoms with Crippen LogP contribution in [0.25, 0.3) is 4.96 Å². The number of nitrogens with one attached hydrogen (secondary N) is 1. The number of ether oxygens (including phenoxy) is 2. The third-order valence-electron chi connectivity index (χ3n) is 5.22. The summed E-state index contributed by atoms with van der Waals surface area (Å²) in [7, 11) is 3.34. The van der Waals surface area contributed by atoms with Crippen molar-refractivity contribution in [2.24, 2.45) is 0 Å². The molecule has 1 fully saturated rings. The van der Waals surface area contributed by atoms with Gasteiger partial charge in [-0.2, -0.15) is 4.52 Å². The number of piperidine rings is 1. The number of rotatable bonds is 5. The first kappa shape index (κ1) is 18.1. The van der Waals surface area contributed by atoms with Crippen LogP contribution in [0.15, 0.2) is 18.2 Å². The Hall–Kier alpha value is -2.32. The lowest BCUT2D eigenvalue weighted by molar-refractivity contribution is -0.930. The molecule has 4 rings (SSSR count). The minimum atomic E-state index is -0.0517. The summed E-state index contributed by atoms with van der Waals surface area (Å²) in [4.78, 5) is 7.44. The second-order valence-electron chi connectivity index (χ2n) is 6.90. The normalized spacial score (nSPS) is 16.6. The number of hydrogen-bond donors (Lipinski definition) is 2. The lowest BCUT2D eigenvalue weighted by atomic mass is 9.99. The minimum absolute atomic E-state index is 0.0517. The molecule has 0 aliphatic carbocycles. The van der Waals surface area contributed by atoms with Crippen molar-refractivity contribution in [1.29, 1.82) is 0 Å². The van der Waals surface area contributed by atoms with Gasteiger partial charge in [0.2, 0.25) is 10.8 Å². The van der Waals surface area contributed by atoms with Crippen LogP contribution in [0.3, 0.4) is 0 Å². The third-order valence-corrected chi connectivity index (χ3v) is 6.30. The molecule has 1 aromatic carbocycles. The van der Waals surface area contributed by atoms with Gasteiger partial charge in [0.25, 0.3) is 0 Å². The van der Waals surface area contributed by atoms with Crippen LogP contribution in [0.5, 0.6) is 17.4 Å². The summed E-state index contributed by atoms with van der Waals surface area (Å²) in [6, 6.07) is 5.80. The van der Waals surface area contributed by atoms with Gasteiger partial charge in [-0.3, -0.25) is 0 Å². The molecule has 2 N–H and O–H groups in total. The first-order valence-electron chi connectivity index (χ1n) is 9.24. The second-order valence-corrected chi connectivity index (χ2v) is 7.91. The van der Waals surface area contributed by atoms with Crippen molar-refractivity contribution in [2.75, 3.05) is 27.3 Å². The van der Waals surface area contributed by atoms with Crippen LogP contribution in [0.2, 0.25) is 0 Å². The molecule has 27 heavy (non-hydrogen) atoms. The summed E-state index contributed by atoms with van der Waals surface area (Å²) >= 11 is 1.50. The van der Waals surface area contributed by atoms with Crippen molar-refractivity contribution in [3.05, 3.63) is 34.5 Å². The van der Waals surface area contributed by atoms with Crippen molar-refractivity contribution in [3.8, 4) is 17.4 Å². The summed E-state index contributed by atoms with van der Waals surface area (Å²) in [6.45, 7) is 3.94. The summed E-state index contributed by atoms with van der Waals surface area (Å²) in [5.74, 6) is 2.41. The molecule has 0 spiro atoms. The molecule has 0 bridgehead atoms. The van der Waals surface area contributed by atoms with E-state index in [0.717, 1.165) is 35.0 Å². The first-order valence-corrected chi connectivity index (χ1v) is 10.1. The Bertz CT molecular complexity index is 946. The first-order chi connectivity index (χ1) is 13.1. The fourth-order valence-corrected chi connectivity index (χ4v) is 5.12. The zero-order valence-electron chi connectivity index (χ0n) is 15.9. The van der Waals surface area contributed by atoms with Crippen LogP contribution in [-0.4, -0.2) is 47.0 Å². The van der Waals surface area contributed by atoms with E-state index in [2.05, 4.69) is 10.1 Å². The highest BCUT2D eigenvalue weighted by Gasteiger charge is 2.35. The Kier molecular flexibility index (Phi) is 4.92. The quantitative estimate of drug-likeness (QED) is 0.698. The molecule has 7 nitrogen and oxygen atoms in total. The summed E-state index contributed by atoms with van der Waals surface area (Å²) in [5.41, 5.74) is 1.02. The van der Waals surface area contributed by atoms with E-state index in [4.69, 9.17) is 9.47 Å². The zero-order valence-corrected chi connectivity index (χ0v) is 16.7. The monoisotopic (exact) mass is 389 g/mol. The van der Waals surface area contributed by atoms with E-state index in [9.17, 15) is 5.11 Å². The van der Waals surface area contributed by atoms with Gasteiger partial charge in [0.1, 0.15) is 22.2 Å². The number of thiazole rings is 1. The van der Waals surface area contributed by atoms with Gasteiger partial charge in [-0.05, 0) is 44.4 Å². The number of fused-ring (bicyclic) bond motifs is 1. The summed E-state index contributed by atoms with van der Waals surface area (Å²) in [5, 5.41) is 15.3. The van der Waals surface area contributed by atoms with Gasteiger partial charge < -0.3 is 19.5 Å². The molecule has 0 amide bonds. The number of aromatic hydroxyl groups is 1. The lowest BCUT2D eigenvalue weighted by Gasteiger charge is -2.32. The van der Waals surface area contributed by atoms with E-state index in [0.29, 0.717) is 10.8 Å². The van der Waals surface area contributed by atoms with Crippen molar-refractivity contribution in [2.45, 2.75) is 32.2 Å². The molecule has 0 radical (unpaired) electrons. The molecule has 0 unspecified atom stereocenters. The molecule has 1 atom stereocenters. The fourth-order valence-electron chi connectivity index (χ4n) is 3.94. The molecule has 2 aromatic heterocycles. The highest BCUT2D eigenvalue weighted by atomic mass is 32.1. The number of quaternary nitrogens is 1. The van der Waals surface area contributed by atoms with E-state index in [1.165, 1.54) is 35.5 Å². The van der Waals surface area contributed by atoms with Crippen LogP contribution in [-0.2, 0) is 0 Å². The van der Waals surface area contributed by atoms with E-state index in [1.54, 1.807) is 18.7 Å². The third kappa shape index (κ3) is 3.23. The SMILES string of the molecule is COc1ccc(OC)c([C@@H](c2sc3nc(C)nn3c2O)[NH+]2CCCCC2)c1. The molecule has 1 saturated heterocycles. The number of likely N-dealkylation sites (tertiary alicyclic amines) is 1. The van der Waals surface area contributed by atoms with E-state index in [1.807, 2.05) is 25.1 Å². The standard InChI is InChI=1S/C19H24N4O3S/c1-12-20-19-23(21-12)18(24)17(27-19)16(22-9-5-4-6-10-22)14-11-13(25-2)7-8-15(14)26-3/h7-8,11,16,24H,4-6,9-10H2,1-3H3/p+1/t16-/m0/s1. The molecule has 1 aliphatic heterocycles. The maximum atomic E-state index is 10.9. The minimum Gasteiger partial charge on any atom is -0.497 e. The molecule has 0 saturated carbocycles. The van der Waals surface area contributed by atoms with Gasteiger partial charge in [0, 0.05) is 0 Å². The highest BCUT2D eigenvalue weighted by molar-refractivity contribution is 7.17. The topological polar surface area (TPSA) is 73.3 Å². The maximum Gasteiger partial charge on any atom is 0.235 e. The van der Waals surface area contributed by atoms with Gasteiger partial charge in [-0.1, -0.05) is 11.3 Å². The fraction of sp³-hybridized carbons (Fsp3) is 0.474. The predicted octanol–water partition coefficient (Wildman–Crippen LogP) is 1.98. The number of aromatic nitrogens is 3. The molecule has 3 heterocycles. The van der Waals surface area contributed by atoms with Crippen LogP contribution in [0, 0.1) is 6.92 Å². The Balaban J connectivity index is 1.89. The summed E-state index contributed by atoms with van der Waals surface area (Å²) in [6.07, 6.45) is 3.61. The Labute approximate surface area is 162 Å². The van der Waals surface area contributed by atoms with Crippen molar-refractivity contribution >= 4 is 16.3 Å². The van der Waals surface area contributed by atoms with Gasteiger partial charge in [0.05, 0.1) is 32.9 Å². The number of aryl methyl sites for hydroxylation is 1. The Morgan fingerprint density at radius 2 is 1.96 bits per heavy atom. The van der Waals surface area contributed by atoms with Gasteiger partial charge in [-0.15, -0.1) is 5.10 Å². The highest BCUT2D eigenvalue weighted by Crippen LogP contribution is 2.39. The Morgan fingerprint density at radius 3 is 2.63 bits per heavy atom. The van der Waals surface area contributed by atoms with Crippen LogP contribution in [0.4, 0.5) is 0 Å². The van der Waals surface area contributed by atoms with Crippen LogP contribution in [0.1, 0.15) is 41.6 Å². The molecule has 3 aromatic rings. The van der Waals surface area contributed by atoms with E-state index < -0.39 is 0 Å². The van der Waals surface area contributed by atoms with Gasteiger partial charge in [0.15, 0.2) is 6.04 Å². The molecule has 144 valence electrons. The van der Waals surface area contributed by atoms with Crippen molar-refractivity contribution in [1.82, 2.24) is 14.6 Å². The number of nitrogens with zero attached hydrogens (tertiary/aromatic N) is 3. The Morgan fingerprint density at radius 1 is 1.19 bits per heavy atom. The lowest BCUT2D eigenvalue weighted by Crippen LogP contribution is -3.13. The number of benzene rings is 1. The van der Waals surface area contributed by atoms with E-state index in [-0.39, 0.29) is 11.9 Å².